The van der Waals surface area contributed by atoms with E-state index in [2.05, 4.69) is 37.8 Å². The zero-order valence-corrected chi connectivity index (χ0v) is 22.9. The lowest BCUT2D eigenvalue weighted by Gasteiger charge is -2.35. The van der Waals surface area contributed by atoms with Crippen LogP contribution in [-0.2, 0) is 14.2 Å². The Kier molecular flexibility index (Phi) is 16.5. The molecule has 196 valence electrons. The van der Waals surface area contributed by atoms with E-state index >= 15 is 0 Å². The van der Waals surface area contributed by atoms with Gasteiger partial charge in [-0.1, -0.05) is 0 Å². The van der Waals surface area contributed by atoms with Crippen LogP contribution in [-0.4, -0.2) is 138 Å². The average Bonchev–Trinajstić information content (AvgIpc) is 2.77. The zero-order valence-electron chi connectivity index (χ0n) is 22.9. The van der Waals surface area contributed by atoms with Crippen LogP contribution >= 0.6 is 0 Å². The van der Waals surface area contributed by atoms with Crippen molar-refractivity contribution in [2.75, 3.05) is 101 Å². The topological polar surface area (TPSA) is 91.5 Å². The van der Waals surface area contributed by atoms with E-state index in [0.717, 1.165) is 39.4 Å². The molecule has 0 aromatic heterocycles. The second kappa shape index (κ2) is 17.5. The largest absolute Gasteiger partial charge is 0.381 e. The molecule has 34 heavy (non-hydrogen) atoms. The van der Waals surface area contributed by atoms with Gasteiger partial charge in [0.25, 0.3) is 0 Å². The minimum atomic E-state index is -0.0980. The van der Waals surface area contributed by atoms with Crippen molar-refractivity contribution in [3.05, 3.63) is 11.9 Å². The summed E-state index contributed by atoms with van der Waals surface area (Å²) in [4.78, 5) is 10.1. The normalized spacial score (nSPS) is 17.4. The van der Waals surface area contributed by atoms with Crippen molar-refractivity contribution in [3.63, 3.8) is 0 Å². The maximum Gasteiger partial charge on any atom is 0.168 e. The molecule has 0 atom stereocenters. The first-order valence-corrected chi connectivity index (χ1v) is 11.7. The van der Waals surface area contributed by atoms with Gasteiger partial charge in [-0.15, -0.1) is 0 Å². The van der Waals surface area contributed by atoms with Gasteiger partial charge in [0.05, 0.1) is 44.6 Å². The summed E-state index contributed by atoms with van der Waals surface area (Å²) in [5.41, 5.74) is 0.618. The Morgan fingerprint density at radius 2 is 1.38 bits per heavy atom. The Bertz CT molecular complexity index is 628. The van der Waals surface area contributed by atoms with Crippen LogP contribution in [0, 0.1) is 22.7 Å². The number of hydrogen-bond acceptors (Lipinski definition) is 10. The quantitative estimate of drug-likeness (QED) is 0.314. The fourth-order valence-electron chi connectivity index (χ4n) is 3.08. The van der Waals surface area contributed by atoms with E-state index in [4.69, 9.17) is 24.7 Å². The number of nitrogens with zero attached hydrogens (tertiary/aromatic N) is 7. The third-order valence-electron chi connectivity index (χ3n) is 4.59. The molecule has 2 fully saturated rings. The summed E-state index contributed by atoms with van der Waals surface area (Å²) in [7, 11) is 11.9. The van der Waals surface area contributed by atoms with Crippen LogP contribution in [0.25, 0.3) is 0 Å². The summed E-state index contributed by atoms with van der Waals surface area (Å²) in [5, 5.41) is 17.2. The van der Waals surface area contributed by atoms with Gasteiger partial charge in [-0.2, -0.15) is 10.5 Å². The van der Waals surface area contributed by atoms with Crippen LogP contribution in [0.2, 0.25) is 0 Å². The molecule has 10 heteroatoms. The third kappa shape index (κ3) is 15.8. The Labute approximate surface area is 207 Å². The highest BCUT2D eigenvalue weighted by molar-refractivity contribution is 5.18. The SMILES string of the molecule is CN(C)/C=C(\C#N)N1CCOCC1.CN(C)C(OC(C)(C)C)N(C)C.N#CCN1CCOCC1. The van der Waals surface area contributed by atoms with Crippen LogP contribution in [0.3, 0.4) is 0 Å². The zero-order chi connectivity index (χ0) is 26.1. The second-order valence-electron chi connectivity index (χ2n) is 9.72. The molecule has 10 nitrogen and oxygen atoms in total. The molecule has 0 aromatic carbocycles. The van der Waals surface area contributed by atoms with Crippen molar-refractivity contribution >= 4 is 0 Å². The molecule has 0 unspecified atom stereocenters. The minimum Gasteiger partial charge on any atom is -0.381 e. The van der Waals surface area contributed by atoms with Crippen molar-refractivity contribution in [1.29, 1.82) is 10.5 Å². The van der Waals surface area contributed by atoms with Crippen LogP contribution in [0.1, 0.15) is 20.8 Å². The fourth-order valence-corrected chi connectivity index (χ4v) is 3.08. The van der Waals surface area contributed by atoms with E-state index in [9.17, 15) is 0 Å². The van der Waals surface area contributed by atoms with Crippen LogP contribution < -0.4 is 0 Å². The van der Waals surface area contributed by atoms with Gasteiger partial charge in [0, 0.05) is 46.5 Å². The number of morpholine rings is 2. The van der Waals surface area contributed by atoms with Gasteiger partial charge < -0.3 is 24.0 Å². The predicted octanol–water partition coefficient (Wildman–Crippen LogP) is 1.30. The molecule has 2 heterocycles. The lowest BCUT2D eigenvalue weighted by atomic mass is 10.2. The van der Waals surface area contributed by atoms with Gasteiger partial charge in [0.15, 0.2) is 6.35 Å². The Morgan fingerprint density at radius 1 is 0.912 bits per heavy atom. The van der Waals surface area contributed by atoms with Crippen LogP contribution in [0.4, 0.5) is 0 Å². The average molecular weight is 482 g/mol. The van der Waals surface area contributed by atoms with Gasteiger partial charge in [-0.3, -0.25) is 14.7 Å². The standard InChI is InChI=1S/C9H15N3O.C9H22N2O.C6H10N2O/c1-11(2)8-9(7-10)12-3-5-13-6-4-12;1-9(2,3)12-8(10(4)5)11(6)7;7-1-2-8-3-5-9-6-4-8/h8H,3-6H2,1-2H3;8H,1-7H3;2-6H2/b9-8+;;. The van der Waals surface area contributed by atoms with E-state index in [0.29, 0.717) is 25.5 Å². The van der Waals surface area contributed by atoms with Crippen molar-refractivity contribution < 1.29 is 14.2 Å². The summed E-state index contributed by atoms with van der Waals surface area (Å²) in [5.74, 6) is 0. The molecule has 0 radical (unpaired) electrons. The van der Waals surface area contributed by atoms with Crippen molar-refractivity contribution in [3.8, 4) is 12.1 Å². The number of allylic oxidation sites excluding steroid dienone is 1. The molecule has 0 N–H and O–H groups in total. The predicted molar refractivity (Wildman–Crippen MR) is 135 cm³/mol. The third-order valence-corrected chi connectivity index (χ3v) is 4.59. The molecule has 2 rings (SSSR count). The molecular formula is C24H47N7O3. The maximum absolute atomic E-state index is 8.90. The molecule has 2 aliphatic heterocycles. The molecular weight excluding hydrogens is 434 g/mol. The highest BCUT2D eigenvalue weighted by Gasteiger charge is 2.21. The van der Waals surface area contributed by atoms with Crippen molar-refractivity contribution in [2.45, 2.75) is 32.7 Å². The molecule has 0 aromatic rings. The summed E-state index contributed by atoms with van der Waals surface area (Å²) >= 11 is 0. The Hall–Kier alpha value is -1.92. The van der Waals surface area contributed by atoms with Gasteiger partial charge in [-0.05, 0) is 49.0 Å². The molecule has 2 aliphatic rings. The summed E-state index contributed by atoms with van der Waals surface area (Å²) < 4.78 is 16.1. The molecule has 0 spiro atoms. The van der Waals surface area contributed by atoms with Gasteiger partial charge in [-0.25, -0.2) is 0 Å². The summed E-state index contributed by atoms with van der Waals surface area (Å²) in [6.07, 6.45) is 1.88. The number of hydrogen-bond donors (Lipinski definition) is 0. The molecule has 0 aliphatic carbocycles. The first-order valence-electron chi connectivity index (χ1n) is 11.7. The highest BCUT2D eigenvalue weighted by atomic mass is 16.5. The van der Waals surface area contributed by atoms with Crippen molar-refractivity contribution in [2.24, 2.45) is 0 Å². The lowest BCUT2D eigenvalue weighted by Crippen LogP contribution is -2.46. The number of rotatable bonds is 6. The van der Waals surface area contributed by atoms with Crippen LogP contribution in [0.5, 0.6) is 0 Å². The number of ether oxygens (including phenoxy) is 3. The highest BCUT2D eigenvalue weighted by Crippen LogP contribution is 2.13. The molecule has 0 bridgehead atoms. The van der Waals surface area contributed by atoms with Gasteiger partial charge in [0.2, 0.25) is 0 Å². The van der Waals surface area contributed by atoms with Crippen LogP contribution in [0.15, 0.2) is 11.9 Å². The summed E-state index contributed by atoms with van der Waals surface area (Å²) in [6, 6.07) is 4.30. The number of nitriles is 2. The molecule has 2 saturated heterocycles. The Morgan fingerprint density at radius 3 is 1.71 bits per heavy atom. The van der Waals surface area contributed by atoms with Gasteiger partial charge >= 0.3 is 0 Å². The van der Waals surface area contributed by atoms with E-state index in [-0.39, 0.29) is 12.0 Å². The first kappa shape index (κ1) is 32.1. The molecule has 0 amide bonds. The monoisotopic (exact) mass is 481 g/mol. The van der Waals surface area contributed by atoms with E-state index in [1.165, 1.54) is 0 Å². The summed E-state index contributed by atoms with van der Waals surface area (Å²) in [6.45, 7) is 13.2. The smallest absolute Gasteiger partial charge is 0.168 e. The van der Waals surface area contributed by atoms with Gasteiger partial charge in [0.1, 0.15) is 11.8 Å². The maximum atomic E-state index is 8.90. The fraction of sp³-hybridized carbons (Fsp3) is 0.833. The van der Waals surface area contributed by atoms with Crippen molar-refractivity contribution in [1.82, 2.24) is 24.5 Å². The second-order valence-corrected chi connectivity index (χ2v) is 9.72. The minimum absolute atomic E-state index is 0.0463. The first-order chi connectivity index (χ1) is 15.9. The van der Waals surface area contributed by atoms with E-state index in [1.54, 1.807) is 0 Å². The Balaban J connectivity index is 0.000000488. The van der Waals surface area contributed by atoms with E-state index < -0.39 is 0 Å². The lowest BCUT2D eigenvalue weighted by molar-refractivity contribution is -0.178. The molecule has 0 saturated carbocycles. The van der Waals surface area contributed by atoms with E-state index in [1.807, 2.05) is 68.1 Å².